The molecule has 3 fully saturated rings. The van der Waals surface area contributed by atoms with E-state index in [1.807, 2.05) is 5.32 Å². The molecule has 0 aliphatic heterocycles. The third-order valence-electron chi connectivity index (χ3n) is 11.0. The predicted molar refractivity (Wildman–Crippen MR) is 166 cm³/mol. The number of rotatable bonds is 11. The Kier molecular flexibility index (Phi) is 9.99. The number of amides is 1. The van der Waals surface area contributed by atoms with Crippen molar-refractivity contribution in [3.63, 3.8) is 0 Å². The lowest BCUT2D eigenvalue weighted by molar-refractivity contribution is -0.763. The van der Waals surface area contributed by atoms with Gasteiger partial charge in [0.05, 0.1) is 12.2 Å². The first-order chi connectivity index (χ1) is 23.9. The van der Waals surface area contributed by atoms with E-state index in [1.165, 1.54) is 49.4 Å². The Balaban J connectivity index is 1.20. The number of alkyl halides is 1. The van der Waals surface area contributed by atoms with Crippen LogP contribution in [0.3, 0.4) is 0 Å². The van der Waals surface area contributed by atoms with Gasteiger partial charge in [0.25, 0.3) is 5.09 Å². The van der Waals surface area contributed by atoms with Crippen molar-refractivity contribution in [2.24, 2.45) is 22.7 Å². The van der Waals surface area contributed by atoms with Crippen LogP contribution in [0.2, 0.25) is 0 Å². The number of Topliss-reactive ketones (excluding diaryl/α,β-unsaturated/α-hetero) is 1. The van der Waals surface area contributed by atoms with Crippen molar-refractivity contribution in [2.75, 3.05) is 13.2 Å². The van der Waals surface area contributed by atoms with E-state index >= 15 is 4.39 Å². The molecule has 4 aliphatic carbocycles. The van der Waals surface area contributed by atoms with Crippen LogP contribution in [0.5, 0.6) is 5.75 Å². The number of carboxylic acids is 1. The van der Waals surface area contributed by atoms with Crippen molar-refractivity contribution in [3.05, 3.63) is 63.7 Å². The largest absolute Gasteiger partial charge is 0.513 e. The molecule has 276 valence electrons. The van der Waals surface area contributed by atoms with E-state index in [2.05, 4.69) is 4.84 Å². The van der Waals surface area contributed by atoms with Crippen molar-refractivity contribution in [3.8, 4) is 5.75 Å². The van der Waals surface area contributed by atoms with Gasteiger partial charge in [-0.3, -0.25) is 9.59 Å². The fourth-order valence-electron chi connectivity index (χ4n) is 8.43. The summed E-state index contributed by atoms with van der Waals surface area (Å²) in [6, 6.07) is 3.48. The number of benzene rings is 1. The van der Waals surface area contributed by atoms with Crippen LogP contribution in [0.25, 0.3) is 0 Å². The molecular formula is C33H37FN2O15. The maximum absolute atomic E-state index is 17.3. The molecular weight excluding hydrogens is 683 g/mol. The summed E-state index contributed by atoms with van der Waals surface area (Å²) in [5.74, 6) is -4.99. The van der Waals surface area contributed by atoms with E-state index < -0.39 is 108 Å². The fourth-order valence-corrected chi connectivity index (χ4v) is 8.43. The minimum atomic E-state index is -2.60. The Hall–Kier alpha value is -4.94. The molecule has 0 bridgehead atoms. The normalized spacial score (nSPS) is 34.1. The van der Waals surface area contributed by atoms with Gasteiger partial charge in [-0.25, -0.2) is 18.8 Å². The number of ketones is 2. The minimum Gasteiger partial charge on any atom is -0.480 e. The second kappa shape index (κ2) is 13.6. The zero-order chi connectivity index (χ0) is 37.5. The van der Waals surface area contributed by atoms with E-state index in [1.54, 1.807) is 6.92 Å². The topological polar surface area (TPSA) is 258 Å². The number of hydrogen-bond donors (Lipinski definition) is 5. The molecule has 0 saturated heterocycles. The Labute approximate surface area is 289 Å². The number of aliphatic hydroxyl groups excluding tert-OH is 2. The first kappa shape index (κ1) is 37.3. The van der Waals surface area contributed by atoms with Gasteiger partial charge in [0.15, 0.2) is 29.7 Å². The molecule has 3 saturated carbocycles. The van der Waals surface area contributed by atoms with Crippen LogP contribution in [-0.4, -0.2) is 98.0 Å². The molecule has 0 radical (unpaired) electrons. The van der Waals surface area contributed by atoms with Crippen molar-refractivity contribution in [1.29, 1.82) is 0 Å². The highest BCUT2D eigenvalue weighted by atomic mass is 19.1. The molecule has 0 aromatic heterocycles. The number of aliphatic carboxylic acids is 1. The number of carboxylic acid groups (broad SMARTS) is 1. The molecule has 5 rings (SSSR count). The van der Waals surface area contributed by atoms with Gasteiger partial charge in [0, 0.05) is 16.7 Å². The SMILES string of the molecule is C[C@]12C=CC(=O)C=C1CC[C@H]1[C@@H]3C[C@@H](O)[C@](O)(C(=O)COC(=O)NC(COC(=O)Oc4cccc(CO[N+](=O)[O-])c4)C(=O)O)[C@@]3(C)C[C@H](O)[C@@]12F. The van der Waals surface area contributed by atoms with Gasteiger partial charge in [-0.15, -0.1) is 10.1 Å². The number of hydrogen-bond acceptors (Lipinski definition) is 14. The summed E-state index contributed by atoms with van der Waals surface area (Å²) in [4.78, 5) is 76.6. The van der Waals surface area contributed by atoms with Crippen molar-refractivity contribution in [1.82, 2.24) is 5.32 Å². The van der Waals surface area contributed by atoms with Gasteiger partial charge in [-0.05, 0) is 68.4 Å². The monoisotopic (exact) mass is 720 g/mol. The molecule has 18 heteroatoms. The van der Waals surface area contributed by atoms with E-state index in [0.717, 1.165) is 0 Å². The number of halogens is 1. The zero-order valence-corrected chi connectivity index (χ0v) is 27.5. The molecule has 0 heterocycles. The zero-order valence-electron chi connectivity index (χ0n) is 27.5. The lowest BCUT2D eigenvalue weighted by Gasteiger charge is -2.62. The average molecular weight is 721 g/mol. The summed E-state index contributed by atoms with van der Waals surface area (Å²) >= 11 is 0. The van der Waals surface area contributed by atoms with Gasteiger partial charge in [0.2, 0.25) is 5.78 Å². The van der Waals surface area contributed by atoms with Crippen molar-refractivity contribution >= 4 is 29.8 Å². The number of nitrogens with one attached hydrogen (secondary N) is 1. The van der Waals surface area contributed by atoms with Crippen molar-refractivity contribution < 1.29 is 72.9 Å². The summed E-state index contributed by atoms with van der Waals surface area (Å²) in [6.45, 7) is 0.492. The Morgan fingerprint density at radius 1 is 1.14 bits per heavy atom. The second-order valence-corrected chi connectivity index (χ2v) is 13.6. The number of aliphatic hydroxyl groups is 3. The average Bonchev–Trinajstić information content (AvgIpc) is 3.26. The van der Waals surface area contributed by atoms with Crippen LogP contribution in [-0.2, 0) is 35.3 Å². The molecule has 9 atom stereocenters. The summed E-state index contributed by atoms with van der Waals surface area (Å²) in [5.41, 5.74) is -7.02. The number of carbonyl (C=O) groups is 5. The first-order valence-corrected chi connectivity index (χ1v) is 16.0. The van der Waals surface area contributed by atoms with E-state index in [0.29, 0.717) is 12.0 Å². The molecule has 0 spiro atoms. The summed E-state index contributed by atoms with van der Waals surface area (Å²) in [7, 11) is 0. The van der Waals surface area contributed by atoms with Gasteiger partial charge in [-0.1, -0.05) is 30.7 Å². The lowest BCUT2D eigenvalue weighted by Crippen LogP contribution is -2.69. The molecule has 5 N–H and O–H groups in total. The Bertz CT molecular complexity index is 1700. The van der Waals surface area contributed by atoms with E-state index in [4.69, 9.17) is 14.2 Å². The summed E-state index contributed by atoms with van der Waals surface area (Å²) in [5, 5.41) is 55.1. The van der Waals surface area contributed by atoms with Gasteiger partial charge in [0.1, 0.15) is 19.0 Å². The number of allylic oxidation sites excluding steroid dienone is 4. The molecule has 1 unspecified atom stereocenters. The lowest BCUT2D eigenvalue weighted by atomic mass is 9.44. The van der Waals surface area contributed by atoms with Crippen LogP contribution in [0.15, 0.2) is 48.1 Å². The van der Waals surface area contributed by atoms with Crippen molar-refractivity contribution in [2.45, 2.75) is 75.7 Å². The van der Waals surface area contributed by atoms with Gasteiger partial charge in [-0.2, -0.15) is 0 Å². The molecule has 1 aromatic rings. The third-order valence-corrected chi connectivity index (χ3v) is 11.0. The highest BCUT2D eigenvalue weighted by Gasteiger charge is 2.76. The van der Waals surface area contributed by atoms with Crippen LogP contribution < -0.4 is 10.1 Å². The van der Waals surface area contributed by atoms with Crippen LogP contribution in [0, 0.1) is 32.8 Å². The van der Waals surface area contributed by atoms with Crippen LogP contribution in [0.1, 0.15) is 45.1 Å². The third kappa shape index (κ3) is 6.42. The highest BCUT2D eigenvalue weighted by molar-refractivity contribution is 6.01. The van der Waals surface area contributed by atoms with Gasteiger partial charge >= 0.3 is 18.2 Å². The quantitative estimate of drug-likeness (QED) is 0.0944. The second-order valence-electron chi connectivity index (χ2n) is 13.6. The van der Waals surface area contributed by atoms with Crippen LogP contribution in [0.4, 0.5) is 14.0 Å². The number of ether oxygens (including phenoxy) is 3. The summed E-state index contributed by atoms with van der Waals surface area (Å²) < 4.78 is 31.8. The number of carbonyl (C=O) groups excluding carboxylic acids is 4. The molecule has 1 aromatic carbocycles. The highest BCUT2D eigenvalue weighted by Crippen LogP contribution is 2.69. The fraction of sp³-hybridized carbons (Fsp3) is 0.545. The molecule has 4 aliphatic rings. The molecule has 1 amide bonds. The maximum Gasteiger partial charge on any atom is 0.513 e. The number of alkyl carbamates (subject to hydrolysis) is 1. The standard InChI is InChI=1S/C33H37FN2O15/c1-30-9-8-19(37)11-18(30)6-7-21-22-12-24(38)33(45,31(22,2)13-25(39)32(21,30)34)26(40)16-48-28(43)35-23(27(41)42)15-49-29(44)51-20-5-3-4-17(10-20)14-50-36(46)47/h3-5,8-11,21-25,38-39,45H,6-7,12-16H2,1-2H3,(H,35,43)(H,41,42)/t21-,22-,23?,24+,25-,30-,31-,32-,33-/m0/s1. The molecule has 51 heavy (non-hydrogen) atoms. The van der Waals surface area contributed by atoms with Gasteiger partial charge < -0.3 is 44.8 Å². The number of nitrogens with zero attached hydrogens (tertiary/aromatic N) is 1. The minimum absolute atomic E-state index is 0.116. The predicted octanol–water partition coefficient (Wildman–Crippen LogP) is 1.73. The Morgan fingerprint density at radius 2 is 1.86 bits per heavy atom. The number of fused-ring (bicyclic) bond motifs is 5. The first-order valence-electron chi connectivity index (χ1n) is 16.0. The maximum atomic E-state index is 17.3. The van der Waals surface area contributed by atoms with Crippen LogP contribution >= 0.6 is 0 Å². The van der Waals surface area contributed by atoms with E-state index in [9.17, 15) is 54.5 Å². The molecule has 17 nitrogen and oxygen atoms in total. The summed E-state index contributed by atoms with van der Waals surface area (Å²) in [6.07, 6.45) is -2.45. The van der Waals surface area contributed by atoms with E-state index in [-0.39, 0.29) is 29.9 Å². The Morgan fingerprint density at radius 3 is 2.55 bits per heavy atom. The smallest absolute Gasteiger partial charge is 0.480 e.